The summed E-state index contributed by atoms with van der Waals surface area (Å²) in [5, 5.41) is 2.99. The molecule has 1 amide bonds. The molecule has 1 aromatic carbocycles. The Bertz CT molecular complexity index is 401. The maximum Gasteiger partial charge on any atom is 0.220 e. The smallest absolute Gasteiger partial charge is 0.220 e. The second-order valence-corrected chi connectivity index (χ2v) is 5.32. The molecule has 0 aliphatic carbocycles. The van der Waals surface area contributed by atoms with Gasteiger partial charge in [0.15, 0.2) is 0 Å². The molecule has 3 heteroatoms. The standard InChI is InChI=1S/C16H25NO2/c1-12(2)14(4)17-16(18)10-7-11-19-15-9-6-5-8-13(15)3/h5-6,8-9,12,14H,7,10-11H2,1-4H3,(H,17,18). The molecule has 1 N–H and O–H groups in total. The van der Waals surface area contributed by atoms with Crippen LogP contribution in [0.3, 0.4) is 0 Å². The third-order valence-electron chi connectivity index (χ3n) is 3.29. The van der Waals surface area contributed by atoms with Crippen molar-refractivity contribution in [3.63, 3.8) is 0 Å². The summed E-state index contributed by atoms with van der Waals surface area (Å²) in [5.41, 5.74) is 1.13. The number of nitrogens with one attached hydrogen (secondary N) is 1. The molecule has 1 aromatic rings. The maximum absolute atomic E-state index is 11.7. The third kappa shape index (κ3) is 5.77. The van der Waals surface area contributed by atoms with Crippen molar-refractivity contribution in [2.24, 2.45) is 5.92 Å². The van der Waals surface area contributed by atoms with Gasteiger partial charge in [-0.15, -0.1) is 0 Å². The molecule has 0 bridgehead atoms. The summed E-state index contributed by atoms with van der Waals surface area (Å²) in [6.07, 6.45) is 1.26. The van der Waals surface area contributed by atoms with Gasteiger partial charge in [-0.2, -0.15) is 0 Å². The van der Waals surface area contributed by atoms with Crippen molar-refractivity contribution < 1.29 is 9.53 Å². The van der Waals surface area contributed by atoms with E-state index in [0.717, 1.165) is 17.7 Å². The van der Waals surface area contributed by atoms with Crippen molar-refractivity contribution in [1.82, 2.24) is 5.32 Å². The van der Waals surface area contributed by atoms with Crippen LogP contribution in [0, 0.1) is 12.8 Å². The van der Waals surface area contributed by atoms with Gasteiger partial charge in [-0.05, 0) is 37.8 Å². The maximum atomic E-state index is 11.7. The van der Waals surface area contributed by atoms with Crippen LogP contribution in [-0.4, -0.2) is 18.6 Å². The summed E-state index contributed by atoms with van der Waals surface area (Å²) in [4.78, 5) is 11.7. The second-order valence-electron chi connectivity index (χ2n) is 5.32. The molecule has 0 saturated heterocycles. The molecule has 1 atom stereocenters. The Morgan fingerprint density at radius 2 is 1.95 bits per heavy atom. The zero-order valence-corrected chi connectivity index (χ0v) is 12.4. The van der Waals surface area contributed by atoms with E-state index in [4.69, 9.17) is 4.74 Å². The number of rotatable bonds is 7. The monoisotopic (exact) mass is 263 g/mol. The molecule has 106 valence electrons. The number of amides is 1. The minimum atomic E-state index is 0.106. The van der Waals surface area contributed by atoms with Crippen LogP contribution >= 0.6 is 0 Å². The second kappa shape index (κ2) is 7.82. The Morgan fingerprint density at radius 3 is 2.58 bits per heavy atom. The first-order chi connectivity index (χ1) is 9.00. The summed E-state index contributed by atoms with van der Waals surface area (Å²) in [5.74, 6) is 1.47. The molecule has 19 heavy (non-hydrogen) atoms. The van der Waals surface area contributed by atoms with Gasteiger partial charge in [0.1, 0.15) is 5.75 Å². The van der Waals surface area contributed by atoms with E-state index < -0.39 is 0 Å². The number of para-hydroxylation sites is 1. The molecular weight excluding hydrogens is 238 g/mol. The van der Waals surface area contributed by atoms with Gasteiger partial charge in [-0.3, -0.25) is 4.79 Å². The average molecular weight is 263 g/mol. The van der Waals surface area contributed by atoms with Crippen LogP contribution in [0.5, 0.6) is 5.75 Å². The highest BCUT2D eigenvalue weighted by atomic mass is 16.5. The van der Waals surface area contributed by atoms with E-state index in [1.807, 2.05) is 38.1 Å². The van der Waals surface area contributed by atoms with Crippen LogP contribution in [0.4, 0.5) is 0 Å². The van der Waals surface area contributed by atoms with E-state index in [1.54, 1.807) is 0 Å². The Hall–Kier alpha value is -1.51. The molecule has 0 heterocycles. The van der Waals surface area contributed by atoms with E-state index in [1.165, 1.54) is 0 Å². The number of hydrogen-bond donors (Lipinski definition) is 1. The fourth-order valence-electron chi connectivity index (χ4n) is 1.63. The Morgan fingerprint density at radius 1 is 1.26 bits per heavy atom. The number of ether oxygens (including phenoxy) is 1. The van der Waals surface area contributed by atoms with Crippen molar-refractivity contribution in [3.05, 3.63) is 29.8 Å². The molecule has 0 spiro atoms. The van der Waals surface area contributed by atoms with Gasteiger partial charge in [0.05, 0.1) is 6.61 Å². The molecule has 3 nitrogen and oxygen atoms in total. The van der Waals surface area contributed by atoms with Crippen molar-refractivity contribution in [3.8, 4) is 5.75 Å². The number of aryl methyl sites for hydroxylation is 1. The van der Waals surface area contributed by atoms with Crippen LogP contribution < -0.4 is 10.1 Å². The molecule has 0 aliphatic rings. The van der Waals surface area contributed by atoms with Crippen LogP contribution in [0.25, 0.3) is 0 Å². The van der Waals surface area contributed by atoms with E-state index in [9.17, 15) is 4.79 Å². The Balaban J connectivity index is 2.21. The summed E-state index contributed by atoms with van der Waals surface area (Å²) < 4.78 is 5.66. The Labute approximate surface area is 116 Å². The number of carbonyl (C=O) groups is 1. The van der Waals surface area contributed by atoms with Gasteiger partial charge in [0.25, 0.3) is 0 Å². The topological polar surface area (TPSA) is 38.3 Å². The highest BCUT2D eigenvalue weighted by molar-refractivity contribution is 5.76. The van der Waals surface area contributed by atoms with E-state index >= 15 is 0 Å². The molecule has 0 fully saturated rings. The lowest BCUT2D eigenvalue weighted by molar-refractivity contribution is -0.122. The fourth-order valence-corrected chi connectivity index (χ4v) is 1.63. The fraction of sp³-hybridized carbons (Fsp3) is 0.562. The number of hydrogen-bond acceptors (Lipinski definition) is 2. The van der Waals surface area contributed by atoms with Crippen molar-refractivity contribution in [2.75, 3.05) is 6.61 Å². The first-order valence-electron chi connectivity index (χ1n) is 6.98. The van der Waals surface area contributed by atoms with Gasteiger partial charge in [-0.25, -0.2) is 0 Å². The molecule has 1 unspecified atom stereocenters. The van der Waals surface area contributed by atoms with Crippen molar-refractivity contribution >= 4 is 5.91 Å². The quantitative estimate of drug-likeness (QED) is 0.766. The van der Waals surface area contributed by atoms with Crippen LogP contribution in [0.2, 0.25) is 0 Å². The lowest BCUT2D eigenvalue weighted by atomic mass is 10.1. The molecule has 0 radical (unpaired) electrons. The lowest BCUT2D eigenvalue weighted by Crippen LogP contribution is -2.36. The Kier molecular flexibility index (Phi) is 6.40. The molecule has 1 rings (SSSR count). The summed E-state index contributed by atoms with van der Waals surface area (Å²) in [6.45, 7) is 8.84. The van der Waals surface area contributed by atoms with Gasteiger partial charge in [0, 0.05) is 12.5 Å². The van der Waals surface area contributed by atoms with Crippen molar-refractivity contribution in [2.45, 2.75) is 46.6 Å². The van der Waals surface area contributed by atoms with E-state index in [0.29, 0.717) is 18.9 Å². The van der Waals surface area contributed by atoms with Crippen LogP contribution in [0.15, 0.2) is 24.3 Å². The first-order valence-corrected chi connectivity index (χ1v) is 6.98. The molecule has 0 aromatic heterocycles. The largest absolute Gasteiger partial charge is 0.493 e. The van der Waals surface area contributed by atoms with Gasteiger partial charge < -0.3 is 10.1 Å². The van der Waals surface area contributed by atoms with Gasteiger partial charge in [0.2, 0.25) is 5.91 Å². The number of carbonyl (C=O) groups excluding carboxylic acids is 1. The molecule has 0 saturated carbocycles. The predicted molar refractivity (Wildman–Crippen MR) is 78.4 cm³/mol. The zero-order valence-electron chi connectivity index (χ0n) is 12.4. The predicted octanol–water partition coefficient (Wildman–Crippen LogP) is 3.31. The number of benzene rings is 1. The van der Waals surface area contributed by atoms with Crippen molar-refractivity contribution in [1.29, 1.82) is 0 Å². The average Bonchev–Trinajstić information content (AvgIpc) is 2.36. The highest BCUT2D eigenvalue weighted by Crippen LogP contribution is 2.16. The summed E-state index contributed by atoms with van der Waals surface area (Å²) in [7, 11) is 0. The van der Waals surface area contributed by atoms with Crippen LogP contribution in [0.1, 0.15) is 39.2 Å². The SMILES string of the molecule is Cc1ccccc1OCCCC(=O)NC(C)C(C)C. The lowest BCUT2D eigenvalue weighted by Gasteiger charge is -2.17. The summed E-state index contributed by atoms with van der Waals surface area (Å²) >= 11 is 0. The van der Waals surface area contributed by atoms with Gasteiger partial charge >= 0.3 is 0 Å². The van der Waals surface area contributed by atoms with E-state index in [-0.39, 0.29) is 11.9 Å². The normalized spacial score (nSPS) is 12.3. The van der Waals surface area contributed by atoms with E-state index in [2.05, 4.69) is 19.2 Å². The minimum absolute atomic E-state index is 0.106. The molecular formula is C16H25NO2. The minimum Gasteiger partial charge on any atom is -0.493 e. The highest BCUT2D eigenvalue weighted by Gasteiger charge is 2.10. The first kappa shape index (κ1) is 15.5. The summed E-state index contributed by atoms with van der Waals surface area (Å²) in [6, 6.07) is 8.15. The zero-order chi connectivity index (χ0) is 14.3. The molecule has 0 aliphatic heterocycles. The van der Waals surface area contributed by atoms with Crippen LogP contribution in [-0.2, 0) is 4.79 Å². The van der Waals surface area contributed by atoms with Gasteiger partial charge in [-0.1, -0.05) is 32.0 Å². The third-order valence-corrected chi connectivity index (χ3v) is 3.29.